The van der Waals surface area contributed by atoms with E-state index < -0.39 is 0 Å². The molecule has 0 aromatic heterocycles. The molecule has 0 bridgehead atoms. The highest BCUT2D eigenvalue weighted by molar-refractivity contribution is 8.03. The summed E-state index contributed by atoms with van der Waals surface area (Å²) < 4.78 is 23.6. The van der Waals surface area contributed by atoms with Gasteiger partial charge in [-0.3, -0.25) is 0 Å². The topological polar surface area (TPSA) is 84.5 Å². The summed E-state index contributed by atoms with van der Waals surface area (Å²) in [4.78, 5) is 1.72. The summed E-state index contributed by atoms with van der Waals surface area (Å²) in [5, 5.41) is 20.7. The minimum absolute atomic E-state index is 0.0861. The second kappa shape index (κ2) is 16.2. The lowest BCUT2D eigenvalue weighted by molar-refractivity contribution is 0.0531. The molecule has 0 amide bonds. The quantitative estimate of drug-likeness (QED) is 0.178. The highest BCUT2D eigenvalue weighted by atomic mass is 32.2. The minimum Gasteiger partial charge on any atom is -0.489 e. The van der Waals surface area contributed by atoms with Crippen LogP contribution < -0.4 is 9.47 Å². The molecule has 2 unspecified atom stereocenters. The summed E-state index contributed by atoms with van der Waals surface area (Å²) in [7, 11) is 0. The Morgan fingerprint density at radius 1 is 0.647 bits per heavy atom. The van der Waals surface area contributed by atoms with Gasteiger partial charge in [0, 0.05) is 10.5 Å². The molecule has 0 aliphatic carbocycles. The van der Waals surface area contributed by atoms with E-state index in [1.807, 2.05) is 27.7 Å². The van der Waals surface area contributed by atoms with Crippen molar-refractivity contribution in [1.29, 1.82) is 10.5 Å². The van der Waals surface area contributed by atoms with Crippen LogP contribution in [0.3, 0.4) is 0 Å². The van der Waals surface area contributed by atoms with Gasteiger partial charge in [0.15, 0.2) is 11.5 Å². The second-order valence-electron chi connectivity index (χ2n) is 8.50. The fraction of sp³-hybridized carbons (Fsp3) is 0.692. The zero-order valence-electron chi connectivity index (χ0n) is 21.9. The molecule has 0 saturated carbocycles. The smallest absolute Gasteiger partial charge is 0.153 e. The second-order valence-corrected chi connectivity index (χ2v) is 11.4. The van der Waals surface area contributed by atoms with E-state index in [1.165, 1.54) is 0 Å². The average Bonchev–Trinajstić information content (AvgIpc) is 2.80. The molecule has 1 aromatic carbocycles. The van der Waals surface area contributed by atoms with Crippen molar-refractivity contribution < 1.29 is 18.9 Å². The SMILES string of the molecule is CCC(C)Sc1c(OCCOC(C)C)c(C#N)c(C#N)c(OCCOC(C)C)c1SC(C)CC. The molecular weight excluding hydrogens is 468 g/mol. The highest BCUT2D eigenvalue weighted by Gasteiger charge is 2.29. The maximum Gasteiger partial charge on any atom is 0.153 e. The summed E-state index contributed by atoms with van der Waals surface area (Å²) in [6, 6.07) is 4.44. The summed E-state index contributed by atoms with van der Waals surface area (Å²) in [6.07, 6.45) is 2.08. The van der Waals surface area contributed by atoms with Gasteiger partial charge in [0.1, 0.15) is 36.5 Å². The minimum atomic E-state index is 0.0861. The van der Waals surface area contributed by atoms with E-state index in [2.05, 4.69) is 39.8 Å². The lowest BCUT2D eigenvalue weighted by atomic mass is 10.1. The summed E-state index contributed by atoms with van der Waals surface area (Å²) in [5.74, 6) is 0.904. The average molecular weight is 509 g/mol. The molecule has 190 valence electrons. The molecule has 1 aromatic rings. The predicted molar refractivity (Wildman–Crippen MR) is 140 cm³/mol. The van der Waals surface area contributed by atoms with Crippen LogP contribution in [0.5, 0.6) is 11.5 Å². The van der Waals surface area contributed by atoms with Gasteiger partial charge in [-0.05, 0) is 40.5 Å². The molecule has 6 nitrogen and oxygen atoms in total. The number of nitriles is 2. The van der Waals surface area contributed by atoms with Gasteiger partial charge in [-0.25, -0.2) is 0 Å². The van der Waals surface area contributed by atoms with Crippen molar-refractivity contribution in [2.45, 2.75) is 101 Å². The zero-order chi connectivity index (χ0) is 25.7. The van der Waals surface area contributed by atoms with Crippen molar-refractivity contribution in [3.63, 3.8) is 0 Å². The van der Waals surface area contributed by atoms with E-state index in [4.69, 9.17) is 18.9 Å². The van der Waals surface area contributed by atoms with Crippen molar-refractivity contribution in [3.05, 3.63) is 11.1 Å². The first kappa shape index (κ1) is 30.5. The maximum absolute atomic E-state index is 10.1. The van der Waals surface area contributed by atoms with Crippen LogP contribution >= 0.6 is 23.5 Å². The molecular formula is C26H40N2O4S2. The van der Waals surface area contributed by atoms with E-state index in [-0.39, 0.29) is 23.3 Å². The van der Waals surface area contributed by atoms with Crippen LogP contribution in [0.1, 0.15) is 79.4 Å². The highest BCUT2D eigenvalue weighted by Crippen LogP contribution is 2.51. The first-order valence-corrected chi connectivity index (χ1v) is 13.8. The molecule has 1 rings (SSSR count). The molecule has 0 spiro atoms. The molecule has 0 saturated heterocycles. The Kier molecular flexibility index (Phi) is 14.5. The van der Waals surface area contributed by atoms with Crippen LogP contribution in [-0.2, 0) is 9.47 Å². The van der Waals surface area contributed by atoms with E-state index >= 15 is 0 Å². The molecule has 0 heterocycles. The molecule has 34 heavy (non-hydrogen) atoms. The number of thioether (sulfide) groups is 2. The normalized spacial score (nSPS) is 12.9. The Balaban J connectivity index is 3.64. The fourth-order valence-electron chi connectivity index (χ4n) is 2.79. The first-order chi connectivity index (χ1) is 16.2. The van der Waals surface area contributed by atoms with Crippen LogP contribution in [0.2, 0.25) is 0 Å². The van der Waals surface area contributed by atoms with Crippen molar-refractivity contribution >= 4 is 23.5 Å². The van der Waals surface area contributed by atoms with Gasteiger partial charge in [-0.1, -0.05) is 27.7 Å². The van der Waals surface area contributed by atoms with Gasteiger partial charge in [0.05, 0.1) is 35.2 Å². The molecule has 8 heteroatoms. The van der Waals surface area contributed by atoms with Gasteiger partial charge in [0.2, 0.25) is 0 Å². The largest absolute Gasteiger partial charge is 0.489 e. The van der Waals surface area contributed by atoms with E-state index in [0.717, 1.165) is 22.6 Å². The Bertz CT molecular complexity index is 778. The lowest BCUT2D eigenvalue weighted by Crippen LogP contribution is -2.15. The van der Waals surface area contributed by atoms with Gasteiger partial charge < -0.3 is 18.9 Å². The van der Waals surface area contributed by atoms with Crippen molar-refractivity contribution in [3.8, 4) is 23.6 Å². The number of rotatable bonds is 16. The third-order valence-electron chi connectivity index (χ3n) is 4.90. The predicted octanol–water partition coefficient (Wildman–Crippen LogP) is 6.82. The number of hydrogen-bond acceptors (Lipinski definition) is 8. The Hall–Kier alpha value is -1.58. The molecule has 0 N–H and O–H groups in total. The zero-order valence-corrected chi connectivity index (χ0v) is 23.5. The molecule has 0 fully saturated rings. The van der Waals surface area contributed by atoms with Gasteiger partial charge in [0.25, 0.3) is 0 Å². The molecule has 0 aliphatic rings. The van der Waals surface area contributed by atoms with Crippen molar-refractivity contribution in [1.82, 2.24) is 0 Å². The Morgan fingerprint density at radius 3 is 1.26 bits per heavy atom. The van der Waals surface area contributed by atoms with E-state index in [1.54, 1.807) is 23.5 Å². The Morgan fingerprint density at radius 2 is 1.00 bits per heavy atom. The summed E-state index contributed by atoms with van der Waals surface area (Å²) in [5.41, 5.74) is 0.428. The number of hydrogen-bond donors (Lipinski definition) is 0. The Labute approximate surface area is 214 Å². The molecule has 2 atom stereocenters. The standard InChI is InChI=1S/C26H40N2O4S2/c1-9-19(7)33-25-23(31-13-11-29-17(3)4)21(15-27)22(16-28)24(26(25)34-20(8)10-2)32-14-12-30-18(5)6/h17-20H,9-14H2,1-8H3. The summed E-state index contributed by atoms with van der Waals surface area (Å²) in [6.45, 7) is 17.8. The fourth-order valence-corrected chi connectivity index (χ4v) is 5.15. The first-order valence-electron chi connectivity index (χ1n) is 12.1. The van der Waals surface area contributed by atoms with Gasteiger partial charge in [-0.15, -0.1) is 23.5 Å². The van der Waals surface area contributed by atoms with Crippen molar-refractivity contribution in [2.24, 2.45) is 0 Å². The van der Waals surface area contributed by atoms with Crippen molar-refractivity contribution in [2.75, 3.05) is 26.4 Å². The van der Waals surface area contributed by atoms with Crippen LogP contribution in [-0.4, -0.2) is 49.1 Å². The number of nitrogens with zero attached hydrogens (tertiary/aromatic N) is 2. The monoisotopic (exact) mass is 508 g/mol. The maximum atomic E-state index is 10.1. The van der Waals surface area contributed by atoms with E-state index in [0.29, 0.717) is 48.4 Å². The lowest BCUT2D eigenvalue weighted by Gasteiger charge is -2.24. The van der Waals surface area contributed by atoms with Gasteiger partial charge >= 0.3 is 0 Å². The van der Waals surface area contributed by atoms with Gasteiger partial charge in [-0.2, -0.15) is 10.5 Å². The van der Waals surface area contributed by atoms with Crippen LogP contribution in [0, 0.1) is 22.7 Å². The third-order valence-corrected chi connectivity index (χ3v) is 7.75. The van der Waals surface area contributed by atoms with Crippen LogP contribution in [0.15, 0.2) is 9.79 Å². The molecule has 0 aliphatic heterocycles. The summed E-state index contributed by atoms with van der Waals surface area (Å²) >= 11 is 3.32. The number of benzene rings is 1. The number of ether oxygens (including phenoxy) is 4. The van der Waals surface area contributed by atoms with Crippen LogP contribution in [0.25, 0.3) is 0 Å². The third kappa shape index (κ3) is 9.58. The van der Waals surface area contributed by atoms with Crippen LogP contribution in [0.4, 0.5) is 0 Å². The molecule has 0 radical (unpaired) electrons. The van der Waals surface area contributed by atoms with E-state index in [9.17, 15) is 10.5 Å².